The zero-order valence-electron chi connectivity index (χ0n) is 46.1. The van der Waals surface area contributed by atoms with Crippen molar-refractivity contribution in [3.63, 3.8) is 0 Å². The van der Waals surface area contributed by atoms with Gasteiger partial charge < -0.3 is 15.5 Å². The van der Waals surface area contributed by atoms with Gasteiger partial charge in [0.15, 0.2) is 0 Å². The normalized spacial score (nSPS) is 13.1. The van der Waals surface area contributed by atoms with Crippen molar-refractivity contribution < 1.29 is 15.0 Å². The first-order valence-electron chi connectivity index (χ1n) is 30.9. The minimum atomic E-state index is -0.861. The summed E-state index contributed by atoms with van der Waals surface area (Å²) < 4.78 is 0. The average molecular weight is 953 g/mol. The molecule has 0 spiro atoms. The third-order valence-corrected chi connectivity index (χ3v) is 14.3. The Morgan fingerprint density at radius 2 is 0.618 bits per heavy atom. The van der Waals surface area contributed by atoms with E-state index in [1.807, 2.05) is 6.08 Å². The van der Waals surface area contributed by atoms with Gasteiger partial charge >= 0.3 is 0 Å². The first-order valence-corrected chi connectivity index (χ1v) is 30.9. The molecule has 400 valence electrons. The highest BCUT2D eigenvalue weighted by Gasteiger charge is 2.18. The van der Waals surface area contributed by atoms with Gasteiger partial charge in [-0.2, -0.15) is 0 Å². The fraction of sp³-hybridized carbons (Fsp3) is 0.859. The molecular weight excluding hydrogens is 831 g/mol. The van der Waals surface area contributed by atoms with E-state index in [4.69, 9.17) is 0 Å². The Labute approximate surface area is 426 Å². The van der Waals surface area contributed by atoms with Crippen molar-refractivity contribution in [3.8, 4) is 0 Å². The van der Waals surface area contributed by atoms with Gasteiger partial charge in [-0.25, -0.2) is 0 Å². The lowest BCUT2D eigenvalue weighted by Gasteiger charge is -2.19. The summed E-state index contributed by atoms with van der Waals surface area (Å²) in [7, 11) is 0. The number of aliphatic hydroxyl groups excluding tert-OH is 2. The second-order valence-corrected chi connectivity index (χ2v) is 21.1. The Morgan fingerprint density at radius 3 is 0.941 bits per heavy atom. The predicted octanol–water partition coefficient (Wildman–Crippen LogP) is 20.6. The minimum absolute atomic E-state index is 0.0679. The largest absolute Gasteiger partial charge is 0.394 e. The SMILES string of the molecule is CCCCCCC/C=C\C/C=C\CCCCCCCCCCCCCCCCCCCCCCCCCCCC(=O)NC(CO)C(O)/C=C/CC/C=C/CCCCCCCCCCCCCCC. The third-order valence-electron chi connectivity index (χ3n) is 14.3. The molecule has 0 saturated carbocycles. The Balaban J connectivity index is 3.43. The number of aliphatic hydroxyl groups is 2. The molecule has 0 heterocycles. The molecule has 0 aromatic carbocycles. The van der Waals surface area contributed by atoms with Crippen molar-refractivity contribution in [1.82, 2.24) is 5.32 Å². The first-order chi connectivity index (χ1) is 33.7. The van der Waals surface area contributed by atoms with E-state index in [9.17, 15) is 15.0 Å². The van der Waals surface area contributed by atoms with Crippen LogP contribution < -0.4 is 5.32 Å². The molecule has 1 amide bonds. The Morgan fingerprint density at radius 1 is 0.353 bits per heavy atom. The van der Waals surface area contributed by atoms with Crippen molar-refractivity contribution in [2.24, 2.45) is 0 Å². The van der Waals surface area contributed by atoms with Gasteiger partial charge in [0.2, 0.25) is 5.91 Å². The number of rotatable bonds is 57. The van der Waals surface area contributed by atoms with Crippen LogP contribution in [0.15, 0.2) is 48.6 Å². The van der Waals surface area contributed by atoms with Crippen molar-refractivity contribution in [3.05, 3.63) is 48.6 Å². The topological polar surface area (TPSA) is 69.6 Å². The predicted molar refractivity (Wildman–Crippen MR) is 304 cm³/mol. The van der Waals surface area contributed by atoms with Gasteiger partial charge in [-0.15, -0.1) is 0 Å². The maximum Gasteiger partial charge on any atom is 0.220 e. The van der Waals surface area contributed by atoms with Crippen LogP contribution in [-0.4, -0.2) is 34.9 Å². The molecule has 0 fully saturated rings. The van der Waals surface area contributed by atoms with Crippen molar-refractivity contribution in [2.45, 2.75) is 347 Å². The van der Waals surface area contributed by atoms with Crippen molar-refractivity contribution in [1.29, 1.82) is 0 Å². The van der Waals surface area contributed by atoms with Crippen LogP contribution in [0.2, 0.25) is 0 Å². The highest BCUT2D eigenvalue weighted by molar-refractivity contribution is 5.76. The molecule has 2 atom stereocenters. The quantitative estimate of drug-likeness (QED) is 0.0420. The fourth-order valence-corrected chi connectivity index (χ4v) is 9.58. The first kappa shape index (κ1) is 66.3. The summed E-state index contributed by atoms with van der Waals surface area (Å²) in [4.78, 5) is 12.5. The Hall–Kier alpha value is -1.65. The number of unbranched alkanes of at least 4 members (excludes halogenated alkanes) is 44. The molecule has 0 radical (unpaired) electrons. The summed E-state index contributed by atoms with van der Waals surface area (Å²) in [6, 6.07) is -0.638. The Bertz CT molecular complexity index is 1080. The van der Waals surface area contributed by atoms with E-state index in [0.29, 0.717) is 6.42 Å². The maximum atomic E-state index is 12.5. The number of nitrogens with one attached hydrogen (secondary N) is 1. The number of carbonyl (C=O) groups is 1. The molecule has 4 heteroatoms. The van der Waals surface area contributed by atoms with Gasteiger partial charge in [0.25, 0.3) is 0 Å². The number of amides is 1. The summed E-state index contributed by atoms with van der Waals surface area (Å²) in [5.41, 5.74) is 0. The van der Waals surface area contributed by atoms with E-state index in [2.05, 4.69) is 55.6 Å². The molecule has 0 rings (SSSR count). The van der Waals surface area contributed by atoms with Gasteiger partial charge in [0.05, 0.1) is 18.8 Å². The summed E-state index contributed by atoms with van der Waals surface area (Å²) in [6.45, 7) is 4.32. The molecule has 0 bridgehead atoms. The molecule has 3 N–H and O–H groups in total. The molecule has 2 unspecified atom stereocenters. The zero-order chi connectivity index (χ0) is 49.2. The van der Waals surface area contributed by atoms with Crippen LogP contribution in [0.4, 0.5) is 0 Å². The molecule has 4 nitrogen and oxygen atoms in total. The lowest BCUT2D eigenvalue weighted by molar-refractivity contribution is -0.123. The second kappa shape index (κ2) is 59.7. The number of hydrogen-bond acceptors (Lipinski definition) is 3. The van der Waals surface area contributed by atoms with Crippen LogP contribution >= 0.6 is 0 Å². The van der Waals surface area contributed by atoms with Crippen molar-refractivity contribution >= 4 is 5.91 Å². The van der Waals surface area contributed by atoms with Gasteiger partial charge in [-0.3, -0.25) is 4.79 Å². The lowest BCUT2D eigenvalue weighted by Crippen LogP contribution is -2.45. The summed E-state index contributed by atoms with van der Waals surface area (Å²) in [6.07, 6.45) is 83.1. The molecule has 0 aromatic rings. The maximum absolute atomic E-state index is 12.5. The average Bonchev–Trinajstić information content (AvgIpc) is 3.34. The van der Waals surface area contributed by atoms with Gasteiger partial charge in [-0.05, 0) is 64.2 Å². The number of carbonyl (C=O) groups excluding carboxylic acids is 1. The van der Waals surface area contributed by atoms with Crippen LogP contribution in [-0.2, 0) is 4.79 Å². The smallest absolute Gasteiger partial charge is 0.220 e. The molecule has 0 aliphatic carbocycles. The minimum Gasteiger partial charge on any atom is -0.394 e. The molecule has 68 heavy (non-hydrogen) atoms. The van der Waals surface area contributed by atoms with Crippen LogP contribution in [0, 0.1) is 0 Å². The van der Waals surface area contributed by atoms with Gasteiger partial charge in [0.1, 0.15) is 0 Å². The van der Waals surface area contributed by atoms with E-state index >= 15 is 0 Å². The van der Waals surface area contributed by atoms with E-state index in [0.717, 1.165) is 38.5 Å². The summed E-state index contributed by atoms with van der Waals surface area (Å²) in [5.74, 6) is -0.0679. The van der Waals surface area contributed by atoms with Gasteiger partial charge in [0, 0.05) is 6.42 Å². The second-order valence-electron chi connectivity index (χ2n) is 21.1. The van der Waals surface area contributed by atoms with Crippen molar-refractivity contribution in [2.75, 3.05) is 6.61 Å². The standard InChI is InChI=1S/C64H121NO3/c1-3-5-7-9-11-13-15-17-19-21-23-24-25-26-27-28-29-30-31-32-33-34-35-36-37-38-39-40-42-44-46-48-50-52-54-56-58-60-64(68)65-62(61-66)63(67)59-57-55-53-51-49-47-45-43-41-22-20-18-16-14-12-10-8-6-4-2/h15,17,21,23,49,51,57,59,62-63,66-67H,3-14,16,18-20,22,24-48,50,52-56,58,60-61H2,1-2H3,(H,65,68)/b17-15-,23-21-,51-49+,59-57+. The molecule has 0 aliphatic rings. The monoisotopic (exact) mass is 952 g/mol. The van der Waals surface area contributed by atoms with E-state index in [1.54, 1.807) is 6.08 Å². The third kappa shape index (κ3) is 55.3. The number of hydrogen-bond donors (Lipinski definition) is 3. The van der Waals surface area contributed by atoms with E-state index < -0.39 is 12.1 Å². The van der Waals surface area contributed by atoms with Crippen LogP contribution in [0.25, 0.3) is 0 Å². The zero-order valence-corrected chi connectivity index (χ0v) is 46.1. The summed E-state index contributed by atoms with van der Waals surface area (Å²) in [5, 5.41) is 23.2. The fourth-order valence-electron chi connectivity index (χ4n) is 9.58. The highest BCUT2D eigenvalue weighted by atomic mass is 16.3. The van der Waals surface area contributed by atoms with E-state index in [1.165, 1.54) is 276 Å². The van der Waals surface area contributed by atoms with E-state index in [-0.39, 0.29) is 12.5 Å². The van der Waals surface area contributed by atoms with Crippen LogP contribution in [0.1, 0.15) is 335 Å². The molecule has 0 aromatic heterocycles. The number of allylic oxidation sites excluding steroid dienone is 7. The molecule has 0 saturated heterocycles. The lowest BCUT2D eigenvalue weighted by atomic mass is 10.0. The molecular formula is C64H121NO3. The summed E-state index contributed by atoms with van der Waals surface area (Å²) >= 11 is 0. The Kier molecular flexibility index (Phi) is 58.2. The highest BCUT2D eigenvalue weighted by Crippen LogP contribution is 2.18. The molecule has 0 aliphatic heterocycles. The van der Waals surface area contributed by atoms with Crippen LogP contribution in [0.5, 0.6) is 0 Å². The van der Waals surface area contributed by atoms with Gasteiger partial charge in [-0.1, -0.05) is 313 Å². The van der Waals surface area contributed by atoms with Crippen LogP contribution in [0.3, 0.4) is 0 Å².